The van der Waals surface area contributed by atoms with Gasteiger partial charge in [0, 0.05) is 6.42 Å². The molecule has 1 atom stereocenters. The van der Waals surface area contributed by atoms with Crippen molar-refractivity contribution in [1.29, 1.82) is 0 Å². The number of carbonyl (C=O) groups excluding carboxylic acids is 2. The molecule has 0 unspecified atom stereocenters. The van der Waals surface area contributed by atoms with E-state index in [4.69, 9.17) is 5.11 Å². The number of nitrogens with one attached hydrogen (secondary N) is 1. The molecule has 0 spiro atoms. The zero-order chi connectivity index (χ0) is 18.3. The number of hydrogen-bond acceptors (Lipinski definition) is 4. The van der Waals surface area contributed by atoms with Crippen molar-refractivity contribution in [3.63, 3.8) is 0 Å². The minimum atomic E-state index is -4.53. The van der Waals surface area contributed by atoms with Gasteiger partial charge in [0.2, 0.25) is 5.91 Å². The van der Waals surface area contributed by atoms with Crippen LogP contribution in [0.2, 0.25) is 0 Å². The Labute approximate surface area is 135 Å². The Morgan fingerprint density at radius 3 is 2.50 bits per heavy atom. The highest BCUT2D eigenvalue weighted by atomic mass is 19.4. The van der Waals surface area contributed by atoms with Gasteiger partial charge < -0.3 is 15.2 Å². The quantitative estimate of drug-likeness (QED) is 0.734. The van der Waals surface area contributed by atoms with E-state index in [1.165, 1.54) is 6.07 Å². The number of hydrogen-bond donors (Lipinski definition) is 2. The molecular formula is C15H16F3NO5. The van der Waals surface area contributed by atoms with E-state index in [-0.39, 0.29) is 18.4 Å². The molecular weight excluding hydrogens is 331 g/mol. The maximum Gasteiger partial charge on any atom is 0.416 e. The molecule has 0 radical (unpaired) electrons. The second-order valence-electron chi connectivity index (χ2n) is 4.95. The van der Waals surface area contributed by atoms with Gasteiger partial charge in [-0.15, -0.1) is 0 Å². The summed E-state index contributed by atoms with van der Waals surface area (Å²) in [6, 6.07) is 2.86. The Hall–Kier alpha value is -2.58. The van der Waals surface area contributed by atoms with Crippen LogP contribution in [-0.4, -0.2) is 36.1 Å². The van der Waals surface area contributed by atoms with Gasteiger partial charge in [0.25, 0.3) is 0 Å². The minimum absolute atomic E-state index is 0.0967. The molecule has 0 heterocycles. The standard InChI is InChI=1S/C15H16F3NO5/c1-24-13(21)6-5-11(14(22)23)19-12(20)8-9-3-2-4-10(7-9)15(16,17)18/h2-4,7,11H,5-6,8H2,1H3,(H,19,20)(H,22,23)/t11-/m0/s1. The van der Waals surface area contributed by atoms with E-state index in [0.717, 1.165) is 25.3 Å². The molecule has 24 heavy (non-hydrogen) atoms. The molecule has 0 saturated carbocycles. The van der Waals surface area contributed by atoms with E-state index in [2.05, 4.69) is 10.1 Å². The molecule has 0 bridgehead atoms. The van der Waals surface area contributed by atoms with Crippen LogP contribution in [0.4, 0.5) is 13.2 Å². The number of benzene rings is 1. The highest BCUT2D eigenvalue weighted by Gasteiger charge is 2.30. The molecule has 1 aromatic rings. The fourth-order valence-electron chi connectivity index (χ4n) is 1.91. The second kappa shape index (κ2) is 8.32. The summed E-state index contributed by atoms with van der Waals surface area (Å²) >= 11 is 0. The summed E-state index contributed by atoms with van der Waals surface area (Å²) in [6.07, 6.45) is -5.34. The van der Waals surface area contributed by atoms with Crippen molar-refractivity contribution in [2.45, 2.75) is 31.5 Å². The maximum absolute atomic E-state index is 12.6. The number of carbonyl (C=O) groups is 3. The van der Waals surface area contributed by atoms with Gasteiger partial charge in [-0.2, -0.15) is 13.2 Å². The zero-order valence-electron chi connectivity index (χ0n) is 12.7. The topological polar surface area (TPSA) is 92.7 Å². The van der Waals surface area contributed by atoms with Gasteiger partial charge in [-0.1, -0.05) is 18.2 Å². The number of halogens is 3. The Bertz CT molecular complexity index is 615. The summed E-state index contributed by atoms with van der Waals surface area (Å²) in [5, 5.41) is 11.2. The van der Waals surface area contributed by atoms with Crippen LogP contribution in [0.25, 0.3) is 0 Å². The number of carboxylic acids is 1. The Balaban J connectivity index is 2.69. The predicted octanol–water partition coefficient (Wildman–Crippen LogP) is 1.77. The number of esters is 1. The average molecular weight is 347 g/mol. The molecule has 1 rings (SSSR count). The molecule has 0 aliphatic carbocycles. The van der Waals surface area contributed by atoms with Gasteiger partial charge in [0.1, 0.15) is 6.04 Å². The lowest BCUT2D eigenvalue weighted by molar-refractivity contribution is -0.144. The lowest BCUT2D eigenvalue weighted by Gasteiger charge is -2.14. The summed E-state index contributed by atoms with van der Waals surface area (Å²) < 4.78 is 42.2. The van der Waals surface area contributed by atoms with E-state index >= 15 is 0 Å². The summed E-state index contributed by atoms with van der Waals surface area (Å²) in [4.78, 5) is 33.9. The molecule has 0 aliphatic rings. The van der Waals surface area contributed by atoms with Crippen molar-refractivity contribution >= 4 is 17.8 Å². The lowest BCUT2D eigenvalue weighted by atomic mass is 10.1. The van der Waals surface area contributed by atoms with Crippen molar-refractivity contribution in [2.75, 3.05) is 7.11 Å². The van der Waals surface area contributed by atoms with Gasteiger partial charge in [0.15, 0.2) is 0 Å². The van der Waals surface area contributed by atoms with Crippen molar-refractivity contribution in [2.24, 2.45) is 0 Å². The normalized spacial score (nSPS) is 12.3. The van der Waals surface area contributed by atoms with Crippen molar-refractivity contribution in [3.05, 3.63) is 35.4 Å². The number of carboxylic acid groups (broad SMARTS) is 1. The van der Waals surface area contributed by atoms with E-state index < -0.39 is 42.0 Å². The summed E-state index contributed by atoms with van der Waals surface area (Å²) in [5.41, 5.74) is -0.798. The fraction of sp³-hybridized carbons (Fsp3) is 0.400. The summed E-state index contributed by atoms with van der Waals surface area (Å²) in [5.74, 6) is -2.74. The van der Waals surface area contributed by atoms with Crippen molar-refractivity contribution in [1.82, 2.24) is 5.32 Å². The third-order valence-corrected chi connectivity index (χ3v) is 3.12. The second-order valence-corrected chi connectivity index (χ2v) is 4.95. The van der Waals surface area contributed by atoms with Crippen LogP contribution < -0.4 is 5.32 Å². The van der Waals surface area contributed by atoms with Gasteiger partial charge >= 0.3 is 18.1 Å². The largest absolute Gasteiger partial charge is 0.480 e. The Morgan fingerprint density at radius 1 is 1.29 bits per heavy atom. The first-order chi connectivity index (χ1) is 11.1. The Kier molecular flexibility index (Phi) is 6.75. The zero-order valence-corrected chi connectivity index (χ0v) is 12.7. The number of rotatable bonds is 7. The van der Waals surface area contributed by atoms with E-state index in [0.29, 0.717) is 0 Å². The molecule has 1 aromatic carbocycles. The molecule has 2 N–H and O–H groups in total. The molecule has 0 fully saturated rings. The van der Waals surface area contributed by atoms with E-state index in [1.807, 2.05) is 0 Å². The van der Waals surface area contributed by atoms with Crippen LogP contribution >= 0.6 is 0 Å². The lowest BCUT2D eigenvalue weighted by Crippen LogP contribution is -2.41. The van der Waals surface area contributed by atoms with Crippen molar-refractivity contribution in [3.8, 4) is 0 Å². The molecule has 0 saturated heterocycles. The summed E-state index contributed by atoms with van der Waals surface area (Å²) in [7, 11) is 1.14. The van der Waals surface area contributed by atoms with Gasteiger partial charge in [-0.05, 0) is 18.1 Å². The first-order valence-corrected chi connectivity index (χ1v) is 6.88. The number of alkyl halides is 3. The first-order valence-electron chi connectivity index (χ1n) is 6.88. The molecule has 132 valence electrons. The Morgan fingerprint density at radius 2 is 1.96 bits per heavy atom. The molecule has 9 heteroatoms. The molecule has 1 amide bonds. The third-order valence-electron chi connectivity index (χ3n) is 3.12. The number of methoxy groups -OCH3 is 1. The highest BCUT2D eigenvalue weighted by molar-refractivity contribution is 5.85. The van der Waals surface area contributed by atoms with Crippen LogP contribution in [0.3, 0.4) is 0 Å². The van der Waals surface area contributed by atoms with Gasteiger partial charge in [-0.25, -0.2) is 4.79 Å². The number of ether oxygens (including phenoxy) is 1. The smallest absolute Gasteiger partial charge is 0.416 e. The predicted molar refractivity (Wildman–Crippen MR) is 76.0 cm³/mol. The van der Waals surface area contributed by atoms with Gasteiger partial charge in [-0.3, -0.25) is 9.59 Å². The highest BCUT2D eigenvalue weighted by Crippen LogP contribution is 2.29. The monoisotopic (exact) mass is 347 g/mol. The van der Waals surface area contributed by atoms with Crippen LogP contribution in [-0.2, 0) is 31.7 Å². The summed E-state index contributed by atoms with van der Waals surface area (Å²) in [6.45, 7) is 0. The van der Waals surface area contributed by atoms with Crippen LogP contribution in [0.5, 0.6) is 0 Å². The molecule has 6 nitrogen and oxygen atoms in total. The van der Waals surface area contributed by atoms with Crippen LogP contribution in [0.15, 0.2) is 24.3 Å². The fourth-order valence-corrected chi connectivity index (χ4v) is 1.91. The SMILES string of the molecule is COC(=O)CC[C@H](NC(=O)Cc1cccc(C(F)(F)F)c1)C(=O)O. The third kappa shape index (κ3) is 6.27. The van der Waals surface area contributed by atoms with Crippen molar-refractivity contribution < 1.29 is 37.4 Å². The average Bonchev–Trinajstić information content (AvgIpc) is 2.50. The van der Waals surface area contributed by atoms with E-state index in [1.54, 1.807) is 0 Å². The maximum atomic E-state index is 12.6. The first kappa shape index (κ1) is 19.5. The number of aliphatic carboxylic acids is 1. The molecule has 0 aliphatic heterocycles. The van der Waals surface area contributed by atoms with Gasteiger partial charge in [0.05, 0.1) is 19.1 Å². The number of amides is 1. The van der Waals surface area contributed by atoms with Crippen LogP contribution in [0, 0.1) is 0 Å². The van der Waals surface area contributed by atoms with E-state index in [9.17, 15) is 27.6 Å². The van der Waals surface area contributed by atoms with Crippen LogP contribution in [0.1, 0.15) is 24.0 Å². The minimum Gasteiger partial charge on any atom is -0.480 e. The molecule has 0 aromatic heterocycles.